The predicted molar refractivity (Wildman–Crippen MR) is 60.5 cm³/mol. The largest absolute Gasteiger partial charge is 0.496 e. The molecule has 0 radical (unpaired) electrons. The minimum absolute atomic E-state index is 0.109. The molecule has 0 heterocycles. The van der Waals surface area contributed by atoms with Crippen LogP contribution in [0.5, 0.6) is 0 Å². The van der Waals surface area contributed by atoms with Gasteiger partial charge in [-0.05, 0) is 32.3 Å². The third-order valence-corrected chi connectivity index (χ3v) is 4.50. The van der Waals surface area contributed by atoms with Crippen molar-refractivity contribution in [3.63, 3.8) is 0 Å². The van der Waals surface area contributed by atoms with Gasteiger partial charge in [0.1, 0.15) is 0 Å². The van der Waals surface area contributed by atoms with Gasteiger partial charge < -0.3 is 4.74 Å². The van der Waals surface area contributed by atoms with Gasteiger partial charge >= 0.3 is 0 Å². The molecule has 2 heteroatoms. The minimum Gasteiger partial charge on any atom is -0.496 e. The Morgan fingerprint density at radius 3 is 3.00 bits per heavy atom. The Hall–Kier alpha value is -0.503. The Kier molecular flexibility index (Phi) is 3.79. The number of ether oxygens (including phenoxy) is 1. The highest BCUT2D eigenvalue weighted by Crippen LogP contribution is 2.25. The fraction of sp³-hybridized carbons (Fsp3) is 0.636. The average molecular weight is 196 g/mol. The molecule has 1 aliphatic carbocycles. The van der Waals surface area contributed by atoms with Gasteiger partial charge in [0, 0.05) is 6.42 Å². The van der Waals surface area contributed by atoms with Crippen molar-refractivity contribution in [2.75, 3.05) is 0 Å². The molecule has 0 aromatic carbocycles. The van der Waals surface area contributed by atoms with Crippen molar-refractivity contribution in [2.24, 2.45) is 0 Å². The van der Waals surface area contributed by atoms with E-state index in [0.29, 0.717) is 0 Å². The predicted octanol–water partition coefficient (Wildman–Crippen LogP) is 2.51. The van der Waals surface area contributed by atoms with Gasteiger partial charge in [0.2, 0.25) is 0 Å². The second-order valence-electron chi connectivity index (χ2n) is 3.96. The van der Waals surface area contributed by atoms with Crippen LogP contribution in [0.25, 0.3) is 0 Å². The topological polar surface area (TPSA) is 9.23 Å². The first-order valence-electron chi connectivity index (χ1n) is 5.19. The fourth-order valence-corrected chi connectivity index (χ4v) is 2.78. The van der Waals surface area contributed by atoms with Gasteiger partial charge in [-0.2, -0.15) is 0 Å². The van der Waals surface area contributed by atoms with E-state index in [1.165, 1.54) is 18.6 Å². The van der Waals surface area contributed by atoms with E-state index in [0.717, 1.165) is 12.8 Å². The van der Waals surface area contributed by atoms with Crippen molar-refractivity contribution < 1.29 is 4.74 Å². The molecule has 0 fully saturated rings. The van der Waals surface area contributed by atoms with Gasteiger partial charge in [-0.1, -0.05) is 6.92 Å². The fourth-order valence-electron chi connectivity index (χ4n) is 1.61. The van der Waals surface area contributed by atoms with Gasteiger partial charge in [0.05, 0.1) is 20.5 Å². The molecule has 1 unspecified atom stereocenters. The third kappa shape index (κ3) is 3.03. The van der Waals surface area contributed by atoms with E-state index < -0.39 is 0 Å². The maximum Gasteiger partial charge on any atom is 0.0971 e. The van der Waals surface area contributed by atoms with Crippen molar-refractivity contribution in [2.45, 2.75) is 44.8 Å². The van der Waals surface area contributed by atoms with Gasteiger partial charge in [0.25, 0.3) is 0 Å². The normalized spacial score (nSPS) is 21.5. The smallest absolute Gasteiger partial charge is 0.0971 e. The van der Waals surface area contributed by atoms with Crippen LogP contribution in [-0.2, 0) is 4.74 Å². The van der Waals surface area contributed by atoms with Crippen LogP contribution in [0, 0.1) is 0 Å². The molecule has 13 heavy (non-hydrogen) atoms. The van der Waals surface area contributed by atoms with E-state index in [2.05, 4.69) is 32.2 Å². The number of hydrogen-bond acceptors (Lipinski definition) is 1. The Balaban J connectivity index is 2.50. The summed E-state index contributed by atoms with van der Waals surface area (Å²) >= 11 is 0. The van der Waals surface area contributed by atoms with Crippen molar-refractivity contribution in [3.05, 3.63) is 24.1 Å². The third-order valence-electron chi connectivity index (χ3n) is 2.70. The number of allylic oxidation sites excluding steroid dienone is 2. The lowest BCUT2D eigenvalue weighted by Gasteiger charge is -2.29. The lowest BCUT2D eigenvalue weighted by molar-refractivity contribution is 0.0829. The van der Waals surface area contributed by atoms with Crippen LogP contribution in [0.15, 0.2) is 24.1 Å². The molecule has 1 nitrogen and oxygen atoms in total. The molecule has 0 N–H and O–H groups in total. The Bertz CT molecular complexity index is 210. The first-order valence-corrected chi connectivity index (χ1v) is 6.71. The first kappa shape index (κ1) is 10.6. The maximum absolute atomic E-state index is 6.04. The lowest BCUT2D eigenvalue weighted by Crippen LogP contribution is -2.33. The molecule has 0 saturated carbocycles. The molecule has 0 amide bonds. The second-order valence-corrected chi connectivity index (χ2v) is 6.44. The van der Waals surface area contributed by atoms with Crippen LogP contribution in [0.1, 0.15) is 39.5 Å². The Labute approximate surface area is 83.7 Å². The quantitative estimate of drug-likeness (QED) is 0.614. The molecule has 1 rings (SSSR count). The van der Waals surface area contributed by atoms with Crippen LogP contribution in [0.4, 0.5) is 0 Å². The van der Waals surface area contributed by atoms with E-state index in [-0.39, 0.29) is 14.7 Å². The zero-order valence-electron chi connectivity index (χ0n) is 8.81. The molecular weight excluding hydrogens is 176 g/mol. The van der Waals surface area contributed by atoms with Crippen LogP contribution < -0.4 is 0 Å². The summed E-state index contributed by atoms with van der Waals surface area (Å²) in [5, 5.41) is 0.109. The summed E-state index contributed by atoms with van der Waals surface area (Å²) in [6.45, 7) is 8.25. The monoisotopic (exact) mass is 196 g/mol. The summed E-state index contributed by atoms with van der Waals surface area (Å²) in [5.41, 5.74) is 2.08. The minimum atomic E-state index is -0.294. The van der Waals surface area contributed by atoms with Crippen LogP contribution in [-0.4, -0.2) is 14.7 Å². The number of hydrogen-bond donors (Lipinski definition) is 0. The summed E-state index contributed by atoms with van der Waals surface area (Å²) in [6, 6.07) is 0. The molecule has 0 bridgehead atoms. The summed E-state index contributed by atoms with van der Waals surface area (Å²) in [7, 11) is -0.294. The molecule has 1 atom stereocenters. The van der Waals surface area contributed by atoms with Crippen LogP contribution in [0.3, 0.4) is 0 Å². The summed E-state index contributed by atoms with van der Waals surface area (Å²) in [6.07, 6.45) is 6.95. The van der Waals surface area contributed by atoms with E-state index >= 15 is 0 Å². The molecule has 0 aliphatic heterocycles. The first-order chi connectivity index (χ1) is 6.20. The van der Waals surface area contributed by atoms with Crippen LogP contribution in [0.2, 0.25) is 0 Å². The van der Waals surface area contributed by atoms with E-state index in [4.69, 9.17) is 4.74 Å². The van der Waals surface area contributed by atoms with Gasteiger partial charge in [-0.25, -0.2) is 0 Å². The molecule has 74 valence electrons. The van der Waals surface area contributed by atoms with Crippen LogP contribution >= 0.6 is 0 Å². The van der Waals surface area contributed by atoms with Crippen molar-refractivity contribution in [3.8, 4) is 0 Å². The van der Waals surface area contributed by atoms with Gasteiger partial charge in [-0.15, -0.1) is 12.3 Å². The second kappa shape index (κ2) is 4.65. The summed E-state index contributed by atoms with van der Waals surface area (Å²) < 4.78 is 6.04. The molecule has 0 spiro atoms. The summed E-state index contributed by atoms with van der Waals surface area (Å²) in [5.74, 6) is 1.22. The highest BCUT2D eigenvalue weighted by atomic mass is 28.2. The lowest BCUT2D eigenvalue weighted by atomic mass is 10.3. The Morgan fingerprint density at radius 1 is 1.77 bits per heavy atom. The SMILES string of the molecule is C=C[SiH2]C(C)(CC)OC1=CCCC1. The molecule has 0 aromatic rings. The molecule has 1 aliphatic rings. The van der Waals surface area contributed by atoms with Gasteiger partial charge in [0.15, 0.2) is 0 Å². The van der Waals surface area contributed by atoms with Gasteiger partial charge in [-0.3, -0.25) is 0 Å². The van der Waals surface area contributed by atoms with Crippen molar-refractivity contribution >= 4 is 9.52 Å². The van der Waals surface area contributed by atoms with Crippen molar-refractivity contribution in [1.29, 1.82) is 0 Å². The average Bonchev–Trinajstić information content (AvgIpc) is 2.57. The Morgan fingerprint density at radius 2 is 2.54 bits per heavy atom. The van der Waals surface area contributed by atoms with Crippen molar-refractivity contribution in [1.82, 2.24) is 0 Å². The molecular formula is C11H20OSi. The highest BCUT2D eigenvalue weighted by Gasteiger charge is 2.24. The number of rotatable bonds is 5. The van der Waals surface area contributed by atoms with E-state index in [9.17, 15) is 0 Å². The highest BCUT2D eigenvalue weighted by molar-refractivity contribution is 6.45. The van der Waals surface area contributed by atoms with E-state index in [1.54, 1.807) is 0 Å². The summed E-state index contributed by atoms with van der Waals surface area (Å²) in [4.78, 5) is 0. The maximum atomic E-state index is 6.04. The van der Waals surface area contributed by atoms with E-state index in [1.807, 2.05) is 0 Å². The zero-order chi connectivity index (χ0) is 9.73. The molecule has 0 saturated heterocycles. The standard InChI is InChI=1S/C11H20OSi/c1-4-11(3,13-5-2)12-10-8-6-7-9-10/h5,8H,2,4,6-7,9,13H2,1,3H3. The molecule has 0 aromatic heterocycles. The zero-order valence-corrected chi connectivity index (χ0v) is 10.2.